The Balaban J connectivity index is 1.45. The monoisotopic (exact) mass is 588 g/mol. The molecule has 0 spiro atoms. The fourth-order valence-electron chi connectivity index (χ4n) is 4.94. The lowest BCUT2D eigenvalue weighted by molar-refractivity contribution is -0.239. The van der Waals surface area contributed by atoms with E-state index in [0.717, 1.165) is 48.0 Å². The molecule has 1 saturated heterocycles. The average Bonchev–Trinajstić information content (AvgIpc) is 3.38. The summed E-state index contributed by atoms with van der Waals surface area (Å²) in [4.78, 5) is 51.2. The number of amides is 2. The van der Waals surface area contributed by atoms with Gasteiger partial charge in [-0.15, -0.1) is 0 Å². The van der Waals surface area contributed by atoms with Crippen molar-refractivity contribution in [1.82, 2.24) is 9.55 Å². The van der Waals surface area contributed by atoms with Gasteiger partial charge in [-0.05, 0) is 36.6 Å². The lowest BCUT2D eigenvalue weighted by atomic mass is 9.97. The van der Waals surface area contributed by atoms with Crippen LogP contribution in [0.1, 0.15) is 44.4 Å². The van der Waals surface area contributed by atoms with Crippen molar-refractivity contribution in [2.24, 2.45) is 11.7 Å². The Morgan fingerprint density at radius 2 is 1.93 bits per heavy atom. The molecule has 7 atom stereocenters. The molecule has 14 heteroatoms. The number of hydrogen-bond acceptors (Lipinski definition) is 10. The fourth-order valence-corrected chi connectivity index (χ4v) is 4.94. The lowest BCUT2D eigenvalue weighted by Crippen LogP contribution is -2.52. The number of nitrogens with zero attached hydrogens (tertiary/aromatic N) is 1. The quantitative estimate of drug-likeness (QED) is 0.177. The van der Waals surface area contributed by atoms with Gasteiger partial charge in [0.2, 0.25) is 12.2 Å². The molecule has 2 amide bonds. The maximum absolute atomic E-state index is 12.9. The molecule has 0 aliphatic carbocycles. The van der Waals surface area contributed by atoms with Crippen LogP contribution in [-0.4, -0.2) is 74.0 Å². The van der Waals surface area contributed by atoms with Gasteiger partial charge >= 0.3 is 5.69 Å². The second kappa shape index (κ2) is 13.9. The summed E-state index contributed by atoms with van der Waals surface area (Å²) >= 11 is 0. The van der Waals surface area contributed by atoms with Crippen molar-refractivity contribution >= 4 is 17.5 Å². The number of nitrogens with two attached hydrogens (primary N) is 1. The normalized spacial score (nSPS) is 26.2. The van der Waals surface area contributed by atoms with E-state index in [1.807, 2.05) is 12.1 Å². The first-order valence-electron chi connectivity index (χ1n) is 13.8. The molecule has 0 unspecified atom stereocenters. The molecule has 4 rings (SSSR count). The molecule has 2 aliphatic heterocycles. The molecular formula is C28H36N4O10. The molecule has 228 valence electrons. The zero-order valence-corrected chi connectivity index (χ0v) is 23.0. The number of H-pyrrole nitrogens is 1. The summed E-state index contributed by atoms with van der Waals surface area (Å²) in [6.07, 6.45) is -2.33. The molecule has 42 heavy (non-hydrogen) atoms. The van der Waals surface area contributed by atoms with Crippen LogP contribution in [0.2, 0.25) is 0 Å². The van der Waals surface area contributed by atoms with Crippen LogP contribution in [0.15, 0.2) is 58.0 Å². The number of hydrogen-bond donors (Lipinski definition) is 6. The van der Waals surface area contributed by atoms with E-state index in [4.69, 9.17) is 19.9 Å². The second-order valence-electron chi connectivity index (χ2n) is 10.3. The largest absolute Gasteiger partial charge is 0.456 e. The number of aromatic amines is 1. The SMILES string of the molecule is CCCCCc1ccc(NC(=O)C2=C[C@H](O)[C@H](O)[C@@H](O[C@@H](C(N)=O)[C@H]3O[C@@H](n4ccc(=O)[nH]c4=O)C[C@@H]3CO)O2)cc1. The molecule has 3 heterocycles. The van der Waals surface area contributed by atoms with Crippen LogP contribution >= 0.6 is 0 Å². The minimum absolute atomic E-state index is 0.0575. The predicted octanol–water partition coefficient (Wildman–Crippen LogP) is -0.363. The number of aryl methyl sites for hydroxylation is 1. The van der Waals surface area contributed by atoms with Gasteiger partial charge in [0, 0.05) is 36.9 Å². The highest BCUT2D eigenvalue weighted by Crippen LogP contribution is 2.36. The van der Waals surface area contributed by atoms with Gasteiger partial charge in [0.1, 0.15) is 24.5 Å². The van der Waals surface area contributed by atoms with Gasteiger partial charge in [-0.1, -0.05) is 31.9 Å². The number of carbonyl (C=O) groups excluding carboxylic acids is 2. The highest BCUT2D eigenvalue weighted by Gasteiger charge is 2.47. The van der Waals surface area contributed by atoms with Crippen LogP contribution in [0.5, 0.6) is 0 Å². The fraction of sp³-hybridized carbons (Fsp3) is 0.500. The summed E-state index contributed by atoms with van der Waals surface area (Å²) in [6.45, 7) is 1.65. The predicted molar refractivity (Wildman–Crippen MR) is 148 cm³/mol. The third-order valence-electron chi connectivity index (χ3n) is 7.24. The van der Waals surface area contributed by atoms with Crippen LogP contribution in [-0.2, 0) is 30.2 Å². The summed E-state index contributed by atoms with van der Waals surface area (Å²) in [7, 11) is 0. The molecule has 1 fully saturated rings. The Hall–Kier alpha value is -3.82. The summed E-state index contributed by atoms with van der Waals surface area (Å²) in [5.41, 5.74) is 5.81. The van der Waals surface area contributed by atoms with Crippen molar-refractivity contribution in [3.8, 4) is 0 Å². The van der Waals surface area contributed by atoms with Crippen molar-refractivity contribution in [3.63, 3.8) is 0 Å². The Morgan fingerprint density at radius 3 is 2.57 bits per heavy atom. The molecule has 0 radical (unpaired) electrons. The molecule has 0 saturated carbocycles. The zero-order valence-electron chi connectivity index (χ0n) is 23.0. The highest BCUT2D eigenvalue weighted by atomic mass is 16.7. The summed E-state index contributed by atoms with van der Waals surface area (Å²) in [5, 5.41) is 33.6. The van der Waals surface area contributed by atoms with E-state index in [1.54, 1.807) is 12.1 Å². The average molecular weight is 589 g/mol. The zero-order chi connectivity index (χ0) is 30.4. The van der Waals surface area contributed by atoms with Crippen molar-refractivity contribution in [3.05, 3.63) is 74.8 Å². The lowest BCUT2D eigenvalue weighted by Gasteiger charge is -2.35. The first-order chi connectivity index (χ1) is 20.1. The van der Waals surface area contributed by atoms with Crippen molar-refractivity contribution < 1.29 is 39.1 Å². The van der Waals surface area contributed by atoms with E-state index in [1.165, 1.54) is 6.20 Å². The van der Waals surface area contributed by atoms with Gasteiger partial charge in [-0.2, -0.15) is 0 Å². The molecule has 2 aromatic rings. The van der Waals surface area contributed by atoms with Crippen molar-refractivity contribution in [2.75, 3.05) is 11.9 Å². The van der Waals surface area contributed by atoms with Crippen LogP contribution in [0.25, 0.3) is 0 Å². The molecule has 14 nitrogen and oxygen atoms in total. The summed E-state index contributed by atoms with van der Waals surface area (Å²) in [5.74, 6) is -2.89. The van der Waals surface area contributed by atoms with E-state index >= 15 is 0 Å². The first kappa shape index (κ1) is 31.1. The number of aliphatic hydroxyl groups excluding tert-OH is 3. The maximum Gasteiger partial charge on any atom is 0.330 e. The second-order valence-corrected chi connectivity index (χ2v) is 10.3. The van der Waals surface area contributed by atoms with Crippen LogP contribution in [0.4, 0.5) is 5.69 Å². The highest BCUT2D eigenvalue weighted by molar-refractivity contribution is 6.02. The Kier molecular flexibility index (Phi) is 10.3. The van der Waals surface area contributed by atoms with Crippen molar-refractivity contribution in [2.45, 2.75) is 76.0 Å². The smallest absolute Gasteiger partial charge is 0.330 e. The number of nitrogens with one attached hydrogen (secondary N) is 2. The van der Waals surface area contributed by atoms with Gasteiger partial charge in [0.15, 0.2) is 11.9 Å². The number of rotatable bonds is 12. The number of benzene rings is 1. The van der Waals surface area contributed by atoms with E-state index in [-0.39, 0.29) is 12.2 Å². The van der Waals surface area contributed by atoms with E-state index in [0.29, 0.717) is 5.69 Å². The standard InChI is InChI=1S/C28H36N4O10/c1-2-3-4-5-15-6-8-17(9-7-15)30-26(38)19-13-18(34)22(36)27(40-19)42-24(25(29)37)23-16(14-33)12-21(41-23)32-11-10-20(35)31-28(32)39/h6-11,13,16,18,21-24,27,33-34,36H,2-5,12,14H2,1H3,(H2,29,37)(H,30,38)(H,31,35,39)/t16-,18+,21-,22+,23+,24-,27-/m1/s1. The summed E-state index contributed by atoms with van der Waals surface area (Å²) < 4.78 is 18.1. The number of primary amides is 1. The molecule has 1 aromatic carbocycles. The topological polar surface area (TPSA) is 215 Å². The minimum atomic E-state index is -1.72. The Bertz CT molecular complexity index is 1390. The Morgan fingerprint density at radius 1 is 1.19 bits per heavy atom. The van der Waals surface area contributed by atoms with Gasteiger partial charge in [-0.3, -0.25) is 23.9 Å². The molecule has 7 N–H and O–H groups in total. The summed E-state index contributed by atoms with van der Waals surface area (Å²) in [6, 6.07) is 8.39. The number of unbranched alkanes of at least 4 members (excludes halogenated alkanes) is 2. The van der Waals surface area contributed by atoms with E-state index in [2.05, 4.69) is 17.2 Å². The van der Waals surface area contributed by atoms with Crippen LogP contribution in [0.3, 0.4) is 0 Å². The van der Waals surface area contributed by atoms with Gasteiger partial charge in [0.05, 0.1) is 0 Å². The number of aliphatic hydroxyl groups is 3. The van der Waals surface area contributed by atoms with Gasteiger partial charge in [-0.25, -0.2) is 4.79 Å². The number of ether oxygens (including phenoxy) is 3. The third-order valence-corrected chi connectivity index (χ3v) is 7.24. The maximum atomic E-state index is 12.9. The Labute approximate surface area is 240 Å². The van der Waals surface area contributed by atoms with E-state index < -0.39 is 72.5 Å². The number of carbonyl (C=O) groups is 2. The number of anilines is 1. The van der Waals surface area contributed by atoms with Gasteiger partial charge < -0.3 is 40.6 Å². The van der Waals surface area contributed by atoms with Crippen LogP contribution < -0.4 is 22.3 Å². The van der Waals surface area contributed by atoms with Crippen LogP contribution in [0, 0.1) is 5.92 Å². The van der Waals surface area contributed by atoms with Gasteiger partial charge in [0.25, 0.3) is 11.5 Å². The molecular weight excluding hydrogens is 552 g/mol. The molecule has 1 aromatic heterocycles. The molecule has 0 bridgehead atoms. The minimum Gasteiger partial charge on any atom is -0.456 e. The van der Waals surface area contributed by atoms with E-state index in [9.17, 15) is 34.5 Å². The third kappa shape index (κ3) is 7.33. The van der Waals surface area contributed by atoms with Crippen molar-refractivity contribution in [1.29, 1.82) is 0 Å². The molecule has 2 aliphatic rings. The first-order valence-corrected chi connectivity index (χ1v) is 13.8. The number of aromatic nitrogens is 2.